The van der Waals surface area contributed by atoms with Crippen LogP contribution in [0.4, 0.5) is 0 Å². The van der Waals surface area contributed by atoms with Gasteiger partial charge >= 0.3 is 0 Å². The van der Waals surface area contributed by atoms with Crippen molar-refractivity contribution >= 4 is 109 Å². The lowest BCUT2D eigenvalue weighted by atomic mass is 10.0. The Morgan fingerprint density at radius 2 is 0.484 bits per heavy atom. The number of aromatic nitrogens is 8. The minimum atomic E-state index is 0.569. The van der Waals surface area contributed by atoms with Gasteiger partial charge in [0.2, 0.25) is 0 Å². The Hall–Kier alpha value is -12.9. The summed E-state index contributed by atoms with van der Waals surface area (Å²) in [6.45, 7) is 0. The van der Waals surface area contributed by atoms with E-state index in [0.29, 0.717) is 17.5 Å². The number of hydrogen-bond donors (Lipinski definition) is 0. The van der Waals surface area contributed by atoms with Crippen molar-refractivity contribution in [1.82, 2.24) is 37.8 Å². The number of rotatable bonds is 9. The van der Waals surface area contributed by atoms with Gasteiger partial charge in [0, 0.05) is 87.6 Å². The van der Waals surface area contributed by atoms with Gasteiger partial charge in [0.15, 0.2) is 17.5 Å². The maximum atomic E-state index is 5.48. The second-order valence-electron chi connectivity index (χ2n) is 24.7. The Morgan fingerprint density at radius 3 is 0.968 bits per heavy atom. The van der Waals surface area contributed by atoms with Crippen LogP contribution in [0.3, 0.4) is 0 Å². The number of benzene rings is 14. The topological polar surface area (TPSA) is 63.3 Å². The predicted octanol–water partition coefficient (Wildman–Crippen LogP) is 22.0. The molecule has 0 N–H and O–H groups in total. The highest BCUT2D eigenvalue weighted by Gasteiger charge is 2.24. The highest BCUT2D eigenvalue weighted by molar-refractivity contribution is 6.16. The molecule has 0 aliphatic rings. The van der Waals surface area contributed by atoms with E-state index >= 15 is 0 Å². The summed E-state index contributed by atoms with van der Waals surface area (Å²) < 4.78 is 12.1. The van der Waals surface area contributed by atoms with Gasteiger partial charge in [-0.2, -0.15) is 0 Å². The number of nitrogens with zero attached hydrogens (tertiary/aromatic N) is 8. The van der Waals surface area contributed by atoms with Gasteiger partial charge in [-0.25, -0.2) is 15.0 Å². The van der Waals surface area contributed by atoms with E-state index in [1.54, 1.807) is 0 Å². The Labute approximate surface area is 545 Å². The molecule has 0 unspecified atom stereocenters. The molecule has 0 saturated carbocycles. The van der Waals surface area contributed by atoms with Crippen LogP contribution in [-0.4, -0.2) is 37.8 Å². The number of para-hydroxylation sites is 8. The third-order valence-corrected chi connectivity index (χ3v) is 19.5. The zero-order chi connectivity index (χ0) is 62.2. The van der Waals surface area contributed by atoms with Crippen molar-refractivity contribution in [3.05, 3.63) is 328 Å². The molecule has 0 saturated heterocycles. The lowest BCUT2D eigenvalue weighted by Crippen LogP contribution is -2.06. The molecule has 8 nitrogen and oxygen atoms in total. The highest BCUT2D eigenvalue weighted by atomic mass is 15.1. The molecule has 14 aromatic carbocycles. The highest BCUT2D eigenvalue weighted by Crippen LogP contribution is 2.44. The minimum Gasteiger partial charge on any atom is -0.309 e. The van der Waals surface area contributed by atoms with E-state index in [9.17, 15) is 0 Å². The number of hydrogen-bond acceptors (Lipinski definition) is 3. The normalized spacial score (nSPS) is 12.0. The van der Waals surface area contributed by atoms with Crippen LogP contribution >= 0.6 is 0 Å². The second kappa shape index (κ2) is 20.8. The SMILES string of the molecule is c1ccc(-c2nc(-c3cccc(-n4c5ccccc5c5ccccc54)c3)nc(-c3ccc(-n4c5ccccc5c5ccc(-n6c7ccccc7c7cc(-c8ccc9c(c8)c8ccccc8n9-c8ccccc8)ccc76)cc54)c(-n4c5ccccc5c5ccccc54)c3)n2)cc1. The first-order chi connectivity index (χ1) is 47.1. The van der Waals surface area contributed by atoms with Gasteiger partial charge in [-0.1, -0.05) is 206 Å². The van der Waals surface area contributed by atoms with Crippen molar-refractivity contribution in [1.29, 1.82) is 0 Å². The third-order valence-electron chi connectivity index (χ3n) is 19.5. The molecule has 6 aromatic heterocycles. The van der Waals surface area contributed by atoms with Gasteiger partial charge in [0.25, 0.3) is 0 Å². The summed E-state index contributed by atoms with van der Waals surface area (Å²) in [5.41, 5.74) is 21.6. The van der Waals surface area contributed by atoms with E-state index in [2.05, 4.69) is 332 Å². The Morgan fingerprint density at radius 1 is 0.158 bits per heavy atom. The molecule has 95 heavy (non-hydrogen) atoms. The fourth-order valence-electron chi connectivity index (χ4n) is 15.3. The van der Waals surface area contributed by atoms with Crippen molar-refractivity contribution in [2.24, 2.45) is 0 Å². The predicted molar refractivity (Wildman–Crippen MR) is 393 cm³/mol. The average Bonchev–Trinajstić information content (AvgIpc) is 1.60. The van der Waals surface area contributed by atoms with E-state index in [4.69, 9.17) is 15.0 Å². The summed E-state index contributed by atoms with van der Waals surface area (Å²) in [6, 6.07) is 118. The summed E-state index contributed by atoms with van der Waals surface area (Å²) >= 11 is 0. The molecule has 0 spiro atoms. The molecular formula is C87H54N8. The van der Waals surface area contributed by atoms with Crippen LogP contribution in [0.1, 0.15) is 0 Å². The largest absolute Gasteiger partial charge is 0.309 e. The summed E-state index contributed by atoms with van der Waals surface area (Å²) in [5, 5.41) is 11.9. The molecule has 442 valence electrons. The zero-order valence-electron chi connectivity index (χ0n) is 51.3. The molecule has 0 radical (unpaired) electrons. The van der Waals surface area contributed by atoms with Gasteiger partial charge in [-0.3, -0.25) is 0 Å². The van der Waals surface area contributed by atoms with Crippen LogP contribution in [0.2, 0.25) is 0 Å². The average molecular weight is 1210 g/mol. The van der Waals surface area contributed by atoms with E-state index in [0.717, 1.165) is 94.6 Å². The zero-order valence-corrected chi connectivity index (χ0v) is 51.3. The maximum Gasteiger partial charge on any atom is 0.164 e. The van der Waals surface area contributed by atoms with Gasteiger partial charge in [-0.15, -0.1) is 0 Å². The molecule has 0 aliphatic carbocycles. The van der Waals surface area contributed by atoms with Gasteiger partial charge in [0.1, 0.15) is 0 Å². The first kappa shape index (κ1) is 52.8. The molecule has 0 atom stereocenters. The molecule has 6 heterocycles. The maximum absolute atomic E-state index is 5.48. The molecule has 0 aliphatic heterocycles. The van der Waals surface area contributed by atoms with Crippen molar-refractivity contribution < 1.29 is 0 Å². The van der Waals surface area contributed by atoms with E-state index in [1.165, 1.54) is 70.6 Å². The van der Waals surface area contributed by atoms with Crippen LogP contribution in [-0.2, 0) is 0 Å². The summed E-state index contributed by atoms with van der Waals surface area (Å²) in [5.74, 6) is 1.75. The van der Waals surface area contributed by atoms with E-state index in [-0.39, 0.29) is 0 Å². The first-order valence-corrected chi connectivity index (χ1v) is 32.3. The summed E-state index contributed by atoms with van der Waals surface area (Å²) in [7, 11) is 0. The molecule has 0 fully saturated rings. The lowest BCUT2D eigenvalue weighted by molar-refractivity contribution is 1.06. The summed E-state index contributed by atoms with van der Waals surface area (Å²) in [4.78, 5) is 16.2. The van der Waals surface area contributed by atoms with E-state index < -0.39 is 0 Å². The van der Waals surface area contributed by atoms with Crippen LogP contribution in [0.5, 0.6) is 0 Å². The monoisotopic (exact) mass is 1210 g/mol. The fourth-order valence-corrected chi connectivity index (χ4v) is 15.3. The Bertz CT molecular complexity index is 6430. The molecule has 0 amide bonds. The molecular weight excluding hydrogens is 1160 g/mol. The third kappa shape index (κ3) is 8.11. The lowest BCUT2D eigenvalue weighted by Gasteiger charge is -2.19. The molecule has 8 heteroatoms. The van der Waals surface area contributed by atoms with Gasteiger partial charge < -0.3 is 22.8 Å². The summed E-state index contributed by atoms with van der Waals surface area (Å²) in [6.07, 6.45) is 0. The Kier molecular flexibility index (Phi) is 11.6. The van der Waals surface area contributed by atoms with Crippen molar-refractivity contribution in [3.63, 3.8) is 0 Å². The molecule has 20 rings (SSSR count). The molecule has 20 aromatic rings. The minimum absolute atomic E-state index is 0.569. The smallest absolute Gasteiger partial charge is 0.164 e. The first-order valence-electron chi connectivity index (χ1n) is 32.3. The van der Waals surface area contributed by atoms with Crippen molar-refractivity contribution in [2.75, 3.05) is 0 Å². The molecule has 0 bridgehead atoms. The van der Waals surface area contributed by atoms with Crippen LogP contribution in [0, 0.1) is 0 Å². The second-order valence-corrected chi connectivity index (χ2v) is 24.7. The van der Waals surface area contributed by atoms with Crippen molar-refractivity contribution in [2.45, 2.75) is 0 Å². The van der Waals surface area contributed by atoms with Gasteiger partial charge in [0.05, 0.1) is 66.5 Å². The van der Waals surface area contributed by atoms with E-state index in [1.807, 2.05) is 18.2 Å². The van der Waals surface area contributed by atoms with Crippen LogP contribution in [0.25, 0.3) is 183 Å². The van der Waals surface area contributed by atoms with Crippen LogP contribution < -0.4 is 0 Å². The van der Waals surface area contributed by atoms with Gasteiger partial charge in [-0.05, 0) is 132 Å². The number of fused-ring (bicyclic) bond motifs is 15. The Balaban J connectivity index is 0.780. The van der Waals surface area contributed by atoms with Crippen molar-refractivity contribution in [3.8, 4) is 73.7 Å². The fraction of sp³-hybridized carbons (Fsp3) is 0. The quantitative estimate of drug-likeness (QED) is 0.145. The standard InChI is InChI=1S/C87H54N8/c1-3-22-55(23-4-1)85-88-86(58-24-21-27-61(50-58)92-73-35-14-7-28-63(73)64-29-8-15-36-74(64)92)90-87(89-85)59-44-49-82(84(53-59)94-77-39-18-9-30-65(77)66-31-10-19-40-78(66)94)95-79-41-20-11-32-67(79)70-46-45-62(54-83(70)95)93-76-38-17-13-34-69(76)72-52-57(43-48-81(72)93)56-42-47-80-71(51-56)68-33-12-16-37-75(68)91(80)60-25-5-2-6-26-60/h1-54H. The van der Waals surface area contributed by atoms with Crippen LogP contribution in [0.15, 0.2) is 328 Å².